The molecule has 0 aliphatic carbocycles. The van der Waals surface area contributed by atoms with Gasteiger partial charge in [0.2, 0.25) is 0 Å². The maximum atomic E-state index is 4.29. The van der Waals surface area contributed by atoms with Crippen molar-refractivity contribution < 1.29 is 0 Å². The molecule has 0 unspecified atom stereocenters. The lowest BCUT2D eigenvalue weighted by Gasteiger charge is -2.10. The number of aromatic nitrogens is 1. The molecule has 2 heteroatoms. The fourth-order valence-corrected chi connectivity index (χ4v) is 5.84. The normalized spacial score (nSPS) is 11.3. The number of H-pyrrole nitrogens is 1. The van der Waals surface area contributed by atoms with Crippen LogP contribution in [0.25, 0.3) is 10.9 Å². The molecule has 2 nitrogen and oxygen atoms in total. The third-order valence-corrected chi connectivity index (χ3v) is 8.54. The van der Waals surface area contributed by atoms with E-state index in [1.807, 2.05) is 0 Å². The van der Waals surface area contributed by atoms with Crippen LogP contribution in [0.2, 0.25) is 0 Å². The molecule has 2 aromatic rings. The van der Waals surface area contributed by atoms with Gasteiger partial charge in [0.25, 0.3) is 0 Å². The predicted molar refractivity (Wildman–Crippen MR) is 185 cm³/mol. The summed E-state index contributed by atoms with van der Waals surface area (Å²) < 4.78 is 0. The quantitative estimate of drug-likeness (QED) is 0.0825. The van der Waals surface area contributed by atoms with Gasteiger partial charge >= 0.3 is 0 Å². The SMILES string of the molecule is C=C(C)CCC(=C)Cc1ccc2[nH]cc(CCNC(=C)CCCCCCCCCCCCCCCCCCC)c2c1. The molecule has 0 amide bonds. The predicted octanol–water partition coefficient (Wildman–Crippen LogP) is 12.3. The molecule has 0 aliphatic rings. The van der Waals surface area contributed by atoms with Gasteiger partial charge in [-0.15, -0.1) is 6.58 Å². The standard InChI is InChI=1S/C39H64N2/c1-6-7-8-9-10-11-12-13-14-15-16-17-18-19-20-21-22-23-35(5)40-29-28-37-32-41-39-27-26-36(31-38(37)39)30-34(4)25-24-33(2)3/h26-27,31-32,40-41H,2,4-25,28-30H2,1,3H3. The number of hydrogen-bond acceptors (Lipinski definition) is 1. The van der Waals surface area contributed by atoms with E-state index in [1.165, 1.54) is 148 Å². The Morgan fingerprint density at radius 1 is 0.707 bits per heavy atom. The van der Waals surface area contributed by atoms with E-state index in [1.54, 1.807) is 0 Å². The lowest BCUT2D eigenvalue weighted by molar-refractivity contribution is 0.526. The molecule has 0 bridgehead atoms. The number of fused-ring (bicyclic) bond motifs is 1. The van der Waals surface area contributed by atoms with Crippen LogP contribution in [0.1, 0.15) is 153 Å². The van der Waals surface area contributed by atoms with Crippen molar-refractivity contribution in [3.8, 4) is 0 Å². The van der Waals surface area contributed by atoms with Crippen molar-refractivity contribution in [3.63, 3.8) is 0 Å². The first-order chi connectivity index (χ1) is 20.0. The molecule has 0 saturated heterocycles. The Morgan fingerprint density at radius 3 is 1.83 bits per heavy atom. The Morgan fingerprint density at radius 2 is 1.27 bits per heavy atom. The summed E-state index contributed by atoms with van der Waals surface area (Å²) in [7, 11) is 0. The van der Waals surface area contributed by atoms with Crippen LogP contribution in [0.3, 0.4) is 0 Å². The topological polar surface area (TPSA) is 27.8 Å². The number of unbranched alkanes of at least 4 members (excludes halogenated alkanes) is 16. The Labute approximate surface area is 254 Å². The zero-order chi connectivity index (χ0) is 29.5. The van der Waals surface area contributed by atoms with Crippen LogP contribution in [0.15, 0.2) is 61.0 Å². The Kier molecular flexibility index (Phi) is 19.1. The minimum Gasteiger partial charge on any atom is -0.388 e. The van der Waals surface area contributed by atoms with Crippen LogP contribution in [0.4, 0.5) is 0 Å². The smallest absolute Gasteiger partial charge is 0.0457 e. The van der Waals surface area contributed by atoms with Crippen molar-refractivity contribution in [2.75, 3.05) is 6.54 Å². The number of rotatable bonds is 27. The molecule has 1 aromatic carbocycles. The summed E-state index contributed by atoms with van der Waals surface area (Å²) >= 11 is 0. The number of hydrogen-bond donors (Lipinski definition) is 2. The monoisotopic (exact) mass is 561 g/mol. The Balaban J connectivity index is 1.46. The lowest BCUT2D eigenvalue weighted by Crippen LogP contribution is -2.15. The minimum atomic E-state index is 0.945. The highest BCUT2D eigenvalue weighted by Crippen LogP contribution is 2.23. The van der Waals surface area contributed by atoms with E-state index in [4.69, 9.17) is 0 Å². The Hall–Kier alpha value is -2.22. The lowest BCUT2D eigenvalue weighted by atomic mass is 9.99. The molecule has 0 atom stereocenters. The van der Waals surface area contributed by atoms with Gasteiger partial charge in [-0.3, -0.25) is 0 Å². The highest BCUT2D eigenvalue weighted by molar-refractivity contribution is 5.84. The van der Waals surface area contributed by atoms with Crippen LogP contribution in [0.5, 0.6) is 0 Å². The first-order valence-corrected chi connectivity index (χ1v) is 17.3. The summed E-state index contributed by atoms with van der Waals surface area (Å²) in [6.45, 7) is 17.9. The largest absolute Gasteiger partial charge is 0.388 e. The molecular formula is C39H64N2. The van der Waals surface area contributed by atoms with Crippen molar-refractivity contribution in [2.24, 2.45) is 0 Å². The number of benzene rings is 1. The summed E-state index contributed by atoms with van der Waals surface area (Å²) in [6.07, 6.45) is 31.4. The summed E-state index contributed by atoms with van der Waals surface area (Å²) in [6, 6.07) is 6.79. The van der Waals surface area contributed by atoms with E-state index in [0.29, 0.717) is 0 Å². The van der Waals surface area contributed by atoms with Gasteiger partial charge in [-0.25, -0.2) is 0 Å². The molecule has 0 fully saturated rings. The van der Waals surface area contributed by atoms with Gasteiger partial charge in [0.15, 0.2) is 0 Å². The van der Waals surface area contributed by atoms with E-state index in [9.17, 15) is 0 Å². The van der Waals surface area contributed by atoms with E-state index in [0.717, 1.165) is 38.6 Å². The first kappa shape index (κ1) is 35.0. The molecule has 1 aromatic heterocycles. The minimum absolute atomic E-state index is 0.945. The summed E-state index contributed by atoms with van der Waals surface area (Å²) in [5.74, 6) is 0. The second-order valence-electron chi connectivity index (χ2n) is 12.8. The van der Waals surface area contributed by atoms with Crippen molar-refractivity contribution in [2.45, 2.75) is 155 Å². The fourth-order valence-electron chi connectivity index (χ4n) is 5.84. The van der Waals surface area contributed by atoms with Crippen LogP contribution in [-0.2, 0) is 12.8 Å². The highest BCUT2D eigenvalue weighted by atomic mass is 14.9. The zero-order valence-corrected chi connectivity index (χ0v) is 27.2. The molecule has 2 N–H and O–H groups in total. The van der Waals surface area contributed by atoms with Gasteiger partial charge in [0.1, 0.15) is 0 Å². The van der Waals surface area contributed by atoms with Crippen molar-refractivity contribution in [3.05, 3.63) is 72.1 Å². The molecular weight excluding hydrogens is 496 g/mol. The second kappa shape index (κ2) is 22.4. The zero-order valence-electron chi connectivity index (χ0n) is 27.2. The van der Waals surface area contributed by atoms with Crippen molar-refractivity contribution in [1.29, 1.82) is 0 Å². The van der Waals surface area contributed by atoms with Gasteiger partial charge < -0.3 is 10.3 Å². The third-order valence-electron chi connectivity index (χ3n) is 8.54. The van der Waals surface area contributed by atoms with Gasteiger partial charge in [-0.05, 0) is 68.7 Å². The van der Waals surface area contributed by atoms with E-state index >= 15 is 0 Å². The van der Waals surface area contributed by atoms with Gasteiger partial charge in [0, 0.05) is 29.3 Å². The van der Waals surface area contributed by atoms with Gasteiger partial charge in [-0.1, -0.05) is 140 Å². The van der Waals surface area contributed by atoms with Crippen molar-refractivity contribution >= 4 is 10.9 Å². The average Bonchev–Trinajstić information content (AvgIpc) is 3.35. The molecule has 1 heterocycles. The number of nitrogens with one attached hydrogen (secondary N) is 2. The molecule has 0 aliphatic heterocycles. The molecule has 0 saturated carbocycles. The molecule has 41 heavy (non-hydrogen) atoms. The van der Waals surface area contributed by atoms with Crippen molar-refractivity contribution in [1.82, 2.24) is 10.3 Å². The van der Waals surface area contributed by atoms with Crippen LogP contribution in [-0.4, -0.2) is 11.5 Å². The number of allylic oxidation sites excluding steroid dienone is 3. The van der Waals surface area contributed by atoms with Gasteiger partial charge in [-0.2, -0.15) is 0 Å². The fraction of sp³-hybridized carbons (Fsp3) is 0.641. The van der Waals surface area contributed by atoms with E-state index < -0.39 is 0 Å². The van der Waals surface area contributed by atoms with E-state index in [2.05, 4.69) is 68.3 Å². The molecule has 0 spiro atoms. The molecule has 2 rings (SSSR count). The van der Waals surface area contributed by atoms with Crippen LogP contribution in [0, 0.1) is 0 Å². The maximum Gasteiger partial charge on any atom is 0.0457 e. The summed E-state index contributed by atoms with van der Waals surface area (Å²) in [5, 5.41) is 4.93. The Bertz CT molecular complexity index is 994. The molecule has 230 valence electrons. The second-order valence-corrected chi connectivity index (χ2v) is 12.8. The van der Waals surface area contributed by atoms with Crippen LogP contribution < -0.4 is 5.32 Å². The van der Waals surface area contributed by atoms with Crippen LogP contribution >= 0.6 is 0 Å². The molecule has 0 radical (unpaired) electrons. The number of aromatic amines is 1. The average molecular weight is 561 g/mol. The summed E-state index contributed by atoms with van der Waals surface area (Å²) in [5.41, 5.74) is 7.66. The van der Waals surface area contributed by atoms with Gasteiger partial charge in [0.05, 0.1) is 0 Å². The first-order valence-electron chi connectivity index (χ1n) is 17.3. The third kappa shape index (κ3) is 16.7. The highest BCUT2D eigenvalue weighted by Gasteiger charge is 2.07. The summed E-state index contributed by atoms with van der Waals surface area (Å²) in [4.78, 5) is 3.45. The maximum absolute atomic E-state index is 4.29. The van der Waals surface area contributed by atoms with E-state index in [-0.39, 0.29) is 0 Å².